The number of hydrogen-bond donors (Lipinski definition) is 2. The summed E-state index contributed by atoms with van der Waals surface area (Å²) in [4.78, 5) is 11.8. The molecule has 0 saturated heterocycles. The third-order valence-corrected chi connectivity index (χ3v) is 2.87. The Kier molecular flexibility index (Phi) is 5.21. The molecule has 0 aromatic heterocycles. The van der Waals surface area contributed by atoms with Gasteiger partial charge in [-0.25, -0.2) is 4.79 Å². The molecule has 0 heterocycles. The molecule has 0 atom stereocenters. The zero-order valence-electron chi connectivity index (χ0n) is 12.6. The zero-order valence-corrected chi connectivity index (χ0v) is 12.6. The highest BCUT2D eigenvalue weighted by Crippen LogP contribution is 2.31. The van der Waals surface area contributed by atoms with Gasteiger partial charge in [0.25, 0.3) is 0 Å². The Morgan fingerprint density at radius 2 is 1.84 bits per heavy atom. The molecule has 0 fully saturated rings. The van der Waals surface area contributed by atoms with Crippen molar-refractivity contribution in [3.8, 4) is 5.75 Å². The van der Waals surface area contributed by atoms with E-state index in [-0.39, 0.29) is 12.1 Å². The molecule has 0 unspecified atom stereocenters. The van der Waals surface area contributed by atoms with Crippen molar-refractivity contribution in [3.63, 3.8) is 0 Å². The molecule has 2 amide bonds. The maximum absolute atomic E-state index is 11.8. The summed E-state index contributed by atoms with van der Waals surface area (Å²) in [7, 11) is 1.67. The molecule has 19 heavy (non-hydrogen) atoms. The first-order chi connectivity index (χ1) is 8.85. The number of carbonyl (C=O) groups excluding carboxylic acids is 1. The normalized spacial score (nSPS) is 10.7. The van der Waals surface area contributed by atoms with E-state index in [2.05, 4.69) is 24.5 Å². The summed E-state index contributed by atoms with van der Waals surface area (Å²) in [5, 5.41) is 5.70. The second-order valence-electron chi connectivity index (χ2n) is 5.32. The summed E-state index contributed by atoms with van der Waals surface area (Å²) < 4.78 is 5.38. The van der Waals surface area contributed by atoms with Crippen molar-refractivity contribution in [3.05, 3.63) is 23.3 Å². The topological polar surface area (TPSA) is 50.4 Å². The first kappa shape index (κ1) is 15.3. The molecule has 0 radical (unpaired) electrons. The van der Waals surface area contributed by atoms with Gasteiger partial charge in [-0.2, -0.15) is 0 Å². The molecule has 1 rings (SSSR count). The minimum Gasteiger partial charge on any atom is -0.496 e. The highest BCUT2D eigenvalue weighted by atomic mass is 16.5. The van der Waals surface area contributed by atoms with Gasteiger partial charge in [-0.05, 0) is 49.9 Å². The molecule has 0 spiro atoms. The zero-order chi connectivity index (χ0) is 14.6. The summed E-state index contributed by atoms with van der Waals surface area (Å²) in [5.41, 5.74) is 2.90. The van der Waals surface area contributed by atoms with Crippen LogP contribution in [0.3, 0.4) is 0 Å². The predicted octanol–water partition coefficient (Wildman–Crippen LogP) is 3.66. The maximum atomic E-state index is 11.8. The van der Waals surface area contributed by atoms with E-state index in [0.29, 0.717) is 5.92 Å². The molecular formula is C15H24N2O2. The van der Waals surface area contributed by atoms with Crippen molar-refractivity contribution in [2.24, 2.45) is 0 Å². The van der Waals surface area contributed by atoms with Crippen LogP contribution in [-0.2, 0) is 0 Å². The van der Waals surface area contributed by atoms with Crippen LogP contribution in [0, 0.1) is 6.92 Å². The van der Waals surface area contributed by atoms with Crippen LogP contribution in [0.4, 0.5) is 10.5 Å². The number of hydrogen-bond acceptors (Lipinski definition) is 2. The number of methoxy groups -OCH3 is 1. The number of rotatable bonds is 4. The van der Waals surface area contributed by atoms with E-state index >= 15 is 0 Å². The number of anilines is 1. The smallest absolute Gasteiger partial charge is 0.319 e. The average molecular weight is 264 g/mol. The van der Waals surface area contributed by atoms with Gasteiger partial charge in [-0.1, -0.05) is 13.8 Å². The van der Waals surface area contributed by atoms with Gasteiger partial charge < -0.3 is 15.4 Å². The Balaban J connectivity index is 3.01. The summed E-state index contributed by atoms with van der Waals surface area (Å²) in [5.74, 6) is 1.20. The van der Waals surface area contributed by atoms with Gasteiger partial charge in [0.2, 0.25) is 0 Å². The Bertz CT molecular complexity index is 454. The molecule has 1 aromatic rings. The van der Waals surface area contributed by atoms with Gasteiger partial charge in [-0.3, -0.25) is 0 Å². The molecule has 0 saturated carbocycles. The highest BCUT2D eigenvalue weighted by molar-refractivity contribution is 5.90. The number of aryl methyl sites for hydroxylation is 1. The Hall–Kier alpha value is -1.71. The molecular weight excluding hydrogens is 240 g/mol. The van der Waals surface area contributed by atoms with Gasteiger partial charge >= 0.3 is 6.03 Å². The number of amides is 2. The Morgan fingerprint density at radius 3 is 2.32 bits per heavy atom. The van der Waals surface area contributed by atoms with Crippen LogP contribution in [-0.4, -0.2) is 19.2 Å². The molecule has 0 aliphatic rings. The molecule has 0 aliphatic heterocycles. The lowest BCUT2D eigenvalue weighted by atomic mass is 9.99. The summed E-state index contributed by atoms with van der Waals surface area (Å²) in [6, 6.07) is 3.88. The summed E-state index contributed by atoms with van der Waals surface area (Å²) in [6.45, 7) is 10.0. The third-order valence-electron chi connectivity index (χ3n) is 2.87. The third kappa shape index (κ3) is 4.16. The van der Waals surface area contributed by atoms with Crippen molar-refractivity contribution >= 4 is 11.7 Å². The van der Waals surface area contributed by atoms with E-state index in [1.807, 2.05) is 32.9 Å². The lowest BCUT2D eigenvalue weighted by molar-refractivity contribution is 0.250. The molecule has 0 bridgehead atoms. The van der Waals surface area contributed by atoms with Crippen molar-refractivity contribution in [2.45, 2.75) is 46.6 Å². The quantitative estimate of drug-likeness (QED) is 0.872. The predicted molar refractivity (Wildman–Crippen MR) is 79.1 cm³/mol. The van der Waals surface area contributed by atoms with Crippen molar-refractivity contribution in [1.29, 1.82) is 0 Å². The minimum absolute atomic E-state index is 0.114. The SMILES string of the molecule is COc1cc(C)c(NC(=O)NC(C)C)cc1C(C)C. The molecule has 106 valence electrons. The van der Waals surface area contributed by atoms with Crippen LogP contribution in [0.5, 0.6) is 5.75 Å². The standard InChI is InChI=1S/C15H24N2O2/c1-9(2)12-8-13(11(5)7-14(12)19-6)17-15(18)16-10(3)4/h7-10H,1-6H3,(H2,16,17,18). The van der Waals surface area contributed by atoms with Gasteiger partial charge in [0.05, 0.1) is 7.11 Å². The van der Waals surface area contributed by atoms with Crippen molar-refractivity contribution in [1.82, 2.24) is 5.32 Å². The minimum atomic E-state index is -0.182. The van der Waals surface area contributed by atoms with E-state index in [4.69, 9.17) is 4.74 Å². The van der Waals surface area contributed by atoms with E-state index in [1.54, 1.807) is 7.11 Å². The number of carbonyl (C=O) groups is 1. The largest absolute Gasteiger partial charge is 0.496 e. The Morgan fingerprint density at radius 1 is 1.21 bits per heavy atom. The number of nitrogens with one attached hydrogen (secondary N) is 2. The highest BCUT2D eigenvalue weighted by Gasteiger charge is 2.13. The first-order valence-electron chi connectivity index (χ1n) is 6.61. The van der Waals surface area contributed by atoms with Crippen LogP contribution < -0.4 is 15.4 Å². The van der Waals surface area contributed by atoms with E-state index in [1.165, 1.54) is 0 Å². The molecule has 1 aromatic carbocycles. The second-order valence-corrected chi connectivity index (χ2v) is 5.32. The van der Waals surface area contributed by atoms with Crippen LogP contribution in [0.15, 0.2) is 12.1 Å². The van der Waals surface area contributed by atoms with Gasteiger partial charge in [0.1, 0.15) is 5.75 Å². The lowest BCUT2D eigenvalue weighted by Crippen LogP contribution is -2.34. The van der Waals surface area contributed by atoms with Gasteiger partial charge in [-0.15, -0.1) is 0 Å². The second kappa shape index (κ2) is 6.45. The monoisotopic (exact) mass is 264 g/mol. The molecule has 4 nitrogen and oxygen atoms in total. The van der Waals surface area contributed by atoms with Crippen LogP contribution >= 0.6 is 0 Å². The van der Waals surface area contributed by atoms with E-state index < -0.39 is 0 Å². The fourth-order valence-corrected chi connectivity index (χ4v) is 1.88. The molecule has 4 heteroatoms. The van der Waals surface area contributed by atoms with Crippen LogP contribution in [0.1, 0.15) is 44.7 Å². The van der Waals surface area contributed by atoms with Crippen molar-refractivity contribution < 1.29 is 9.53 Å². The van der Waals surface area contributed by atoms with Gasteiger partial charge in [0.15, 0.2) is 0 Å². The van der Waals surface area contributed by atoms with E-state index in [0.717, 1.165) is 22.6 Å². The number of urea groups is 1. The number of ether oxygens (including phenoxy) is 1. The fraction of sp³-hybridized carbons (Fsp3) is 0.533. The lowest BCUT2D eigenvalue weighted by Gasteiger charge is -2.17. The molecule has 2 N–H and O–H groups in total. The average Bonchev–Trinajstić information content (AvgIpc) is 2.29. The molecule has 0 aliphatic carbocycles. The summed E-state index contributed by atoms with van der Waals surface area (Å²) in [6.07, 6.45) is 0. The summed E-state index contributed by atoms with van der Waals surface area (Å²) >= 11 is 0. The fourth-order valence-electron chi connectivity index (χ4n) is 1.88. The number of benzene rings is 1. The van der Waals surface area contributed by atoms with Crippen LogP contribution in [0.25, 0.3) is 0 Å². The first-order valence-corrected chi connectivity index (χ1v) is 6.61. The Labute approximate surface area is 115 Å². The van der Waals surface area contributed by atoms with Gasteiger partial charge in [0, 0.05) is 11.7 Å². The maximum Gasteiger partial charge on any atom is 0.319 e. The van der Waals surface area contributed by atoms with Crippen molar-refractivity contribution in [2.75, 3.05) is 12.4 Å². The van der Waals surface area contributed by atoms with E-state index in [9.17, 15) is 4.79 Å². The van der Waals surface area contributed by atoms with Crippen LogP contribution in [0.2, 0.25) is 0 Å².